The minimum Gasteiger partial charge on any atom is -0.466 e. The van der Waals surface area contributed by atoms with Crippen molar-refractivity contribution in [1.29, 1.82) is 0 Å². The second-order valence-electron chi connectivity index (χ2n) is 5.95. The fourth-order valence-corrected chi connectivity index (χ4v) is 3.51. The zero-order valence-electron chi connectivity index (χ0n) is 14.2. The highest BCUT2D eigenvalue weighted by atomic mass is 79.9. The van der Waals surface area contributed by atoms with Crippen molar-refractivity contribution < 1.29 is 28.2 Å². The van der Waals surface area contributed by atoms with Gasteiger partial charge in [0.2, 0.25) is 6.79 Å². The number of rotatable bonds is 4. The summed E-state index contributed by atoms with van der Waals surface area (Å²) in [6.45, 7) is 1.76. The molecule has 2 N–H and O–H groups in total. The number of nitrogens with one attached hydrogen (secondary N) is 2. The van der Waals surface area contributed by atoms with Gasteiger partial charge in [0.1, 0.15) is 12.4 Å². The number of benzene rings is 1. The molecule has 140 valence electrons. The normalized spacial score (nSPS) is 18.1. The molecule has 9 heteroatoms. The summed E-state index contributed by atoms with van der Waals surface area (Å²) >= 11 is 3.48. The molecule has 0 fully saturated rings. The minimum atomic E-state index is -0.716. The first-order valence-electron chi connectivity index (χ1n) is 8.10. The van der Waals surface area contributed by atoms with Gasteiger partial charge in [-0.15, -0.1) is 0 Å². The Morgan fingerprint density at radius 3 is 2.85 bits per heavy atom. The molecule has 2 aliphatic heterocycles. The molecule has 2 aromatic rings. The molecule has 2 amide bonds. The lowest BCUT2D eigenvalue weighted by atomic mass is 9.95. The van der Waals surface area contributed by atoms with Crippen LogP contribution in [0.5, 0.6) is 11.5 Å². The Kier molecular flexibility index (Phi) is 4.53. The molecule has 1 aromatic heterocycles. The molecule has 2 aliphatic rings. The Labute approximate surface area is 162 Å². The van der Waals surface area contributed by atoms with Gasteiger partial charge in [-0.1, -0.05) is 15.9 Å². The third kappa shape index (κ3) is 3.37. The summed E-state index contributed by atoms with van der Waals surface area (Å²) < 4.78 is 22.0. The van der Waals surface area contributed by atoms with E-state index >= 15 is 0 Å². The molecule has 1 atom stereocenters. The molecule has 8 nitrogen and oxygen atoms in total. The SMILES string of the molecule is CC1=C(C(=O)OCc2ccco2)[C@H](c2cc3c(cc2Br)OCO3)NC(=O)N1. The van der Waals surface area contributed by atoms with Crippen LogP contribution in [-0.4, -0.2) is 18.8 Å². The van der Waals surface area contributed by atoms with Gasteiger partial charge in [0.25, 0.3) is 0 Å². The van der Waals surface area contributed by atoms with Gasteiger partial charge in [0, 0.05) is 10.2 Å². The quantitative estimate of drug-likeness (QED) is 0.717. The van der Waals surface area contributed by atoms with Crippen LogP contribution >= 0.6 is 15.9 Å². The van der Waals surface area contributed by atoms with E-state index in [9.17, 15) is 9.59 Å². The average Bonchev–Trinajstić information content (AvgIpc) is 3.29. The Balaban J connectivity index is 1.66. The number of carbonyl (C=O) groups is 2. The van der Waals surface area contributed by atoms with Crippen LogP contribution in [0.25, 0.3) is 0 Å². The summed E-state index contributed by atoms with van der Waals surface area (Å²) in [5.41, 5.74) is 1.36. The highest BCUT2D eigenvalue weighted by Crippen LogP contribution is 2.41. The maximum Gasteiger partial charge on any atom is 0.338 e. The minimum absolute atomic E-state index is 0.00834. The van der Waals surface area contributed by atoms with E-state index in [0.29, 0.717) is 38.6 Å². The number of halogens is 1. The van der Waals surface area contributed by atoms with Gasteiger partial charge >= 0.3 is 12.0 Å². The van der Waals surface area contributed by atoms with E-state index in [1.165, 1.54) is 6.26 Å². The van der Waals surface area contributed by atoms with Crippen LogP contribution in [-0.2, 0) is 16.1 Å². The number of furan rings is 1. The van der Waals surface area contributed by atoms with Crippen molar-refractivity contribution in [2.75, 3.05) is 6.79 Å². The van der Waals surface area contributed by atoms with E-state index in [1.807, 2.05) is 0 Å². The predicted molar refractivity (Wildman–Crippen MR) is 95.9 cm³/mol. The lowest BCUT2D eigenvalue weighted by molar-refractivity contribution is -0.141. The summed E-state index contributed by atoms with van der Waals surface area (Å²) in [6, 6.07) is 5.77. The second-order valence-corrected chi connectivity index (χ2v) is 6.81. The van der Waals surface area contributed by atoms with Crippen molar-refractivity contribution in [1.82, 2.24) is 10.6 Å². The molecule has 4 rings (SSSR count). The van der Waals surface area contributed by atoms with Gasteiger partial charge in [-0.3, -0.25) is 0 Å². The largest absolute Gasteiger partial charge is 0.466 e. The van der Waals surface area contributed by atoms with Gasteiger partial charge in [-0.25, -0.2) is 9.59 Å². The summed E-state index contributed by atoms with van der Waals surface area (Å²) in [7, 11) is 0. The van der Waals surface area contributed by atoms with E-state index in [4.69, 9.17) is 18.6 Å². The summed E-state index contributed by atoms with van der Waals surface area (Å²) in [5, 5.41) is 5.37. The van der Waals surface area contributed by atoms with Gasteiger partial charge in [-0.05, 0) is 36.8 Å². The fourth-order valence-electron chi connectivity index (χ4n) is 2.96. The lowest BCUT2D eigenvalue weighted by Gasteiger charge is -2.28. The topological polar surface area (TPSA) is 99.0 Å². The van der Waals surface area contributed by atoms with Crippen molar-refractivity contribution >= 4 is 27.9 Å². The molecule has 3 heterocycles. The Hall–Kier alpha value is -2.94. The molecule has 0 bridgehead atoms. The third-order valence-corrected chi connectivity index (χ3v) is 4.90. The fraction of sp³-hybridized carbons (Fsp3) is 0.222. The molecule has 0 radical (unpaired) electrons. The van der Waals surface area contributed by atoms with Crippen LogP contribution in [0.15, 0.2) is 50.7 Å². The highest BCUT2D eigenvalue weighted by molar-refractivity contribution is 9.10. The number of allylic oxidation sites excluding steroid dienone is 1. The zero-order valence-corrected chi connectivity index (χ0v) is 15.8. The van der Waals surface area contributed by atoms with Crippen molar-refractivity contribution in [2.24, 2.45) is 0 Å². The smallest absolute Gasteiger partial charge is 0.338 e. The molecule has 0 saturated carbocycles. The van der Waals surface area contributed by atoms with Gasteiger partial charge in [0.15, 0.2) is 11.5 Å². The van der Waals surface area contributed by atoms with Crippen LogP contribution in [0.2, 0.25) is 0 Å². The predicted octanol–water partition coefficient (Wildman–Crippen LogP) is 3.14. The first kappa shape index (κ1) is 17.5. The number of amides is 2. The van der Waals surface area contributed by atoms with Crippen molar-refractivity contribution in [3.8, 4) is 11.5 Å². The molecule has 1 aromatic carbocycles. The average molecular weight is 435 g/mol. The maximum atomic E-state index is 12.8. The summed E-state index contributed by atoms with van der Waals surface area (Å²) in [5.74, 6) is 1.09. The number of hydrogen-bond acceptors (Lipinski definition) is 6. The second kappa shape index (κ2) is 6.99. The van der Waals surface area contributed by atoms with Crippen LogP contribution < -0.4 is 20.1 Å². The van der Waals surface area contributed by atoms with Crippen LogP contribution in [0.3, 0.4) is 0 Å². The van der Waals surface area contributed by atoms with Gasteiger partial charge < -0.3 is 29.3 Å². The zero-order chi connectivity index (χ0) is 19.0. The van der Waals surface area contributed by atoms with Crippen molar-refractivity contribution in [3.63, 3.8) is 0 Å². The van der Waals surface area contributed by atoms with Gasteiger partial charge in [-0.2, -0.15) is 0 Å². The lowest BCUT2D eigenvalue weighted by Crippen LogP contribution is -2.45. The Bertz CT molecular complexity index is 938. The molecule has 0 aliphatic carbocycles. The number of esters is 1. The van der Waals surface area contributed by atoms with Gasteiger partial charge in [0.05, 0.1) is 17.9 Å². The molecule has 0 unspecified atom stereocenters. The maximum absolute atomic E-state index is 12.8. The van der Waals surface area contributed by atoms with E-state index < -0.39 is 18.0 Å². The number of hydrogen-bond donors (Lipinski definition) is 2. The van der Waals surface area contributed by atoms with Crippen molar-refractivity contribution in [2.45, 2.75) is 19.6 Å². The van der Waals surface area contributed by atoms with Crippen LogP contribution in [0.4, 0.5) is 4.79 Å². The summed E-state index contributed by atoms with van der Waals surface area (Å²) in [6.07, 6.45) is 1.50. The van der Waals surface area contributed by atoms with E-state index in [2.05, 4.69) is 26.6 Å². The molecular weight excluding hydrogens is 420 g/mol. The standard InChI is InChI=1S/C18H15BrN2O6/c1-9-15(17(22)25-7-10-3-2-4-24-10)16(21-18(23)20-9)11-5-13-14(6-12(11)19)27-8-26-13/h2-6,16H,7-8H2,1H3,(H2,20,21,23)/t16-/m0/s1. The number of ether oxygens (including phenoxy) is 3. The van der Waals surface area contributed by atoms with E-state index in [1.54, 1.807) is 31.2 Å². The first-order chi connectivity index (χ1) is 13.0. The molecule has 0 spiro atoms. The van der Waals surface area contributed by atoms with Crippen molar-refractivity contribution in [3.05, 3.63) is 57.6 Å². The van der Waals surface area contributed by atoms with E-state index in [0.717, 1.165) is 0 Å². The Morgan fingerprint density at radius 2 is 2.11 bits per heavy atom. The highest BCUT2D eigenvalue weighted by Gasteiger charge is 2.34. The van der Waals surface area contributed by atoms with Crippen LogP contribution in [0, 0.1) is 0 Å². The molecule has 0 saturated heterocycles. The number of fused-ring (bicyclic) bond motifs is 1. The third-order valence-electron chi connectivity index (χ3n) is 4.22. The Morgan fingerprint density at radius 1 is 1.33 bits per heavy atom. The first-order valence-corrected chi connectivity index (χ1v) is 8.89. The number of carbonyl (C=O) groups excluding carboxylic acids is 2. The van der Waals surface area contributed by atoms with Crippen LogP contribution in [0.1, 0.15) is 24.3 Å². The van der Waals surface area contributed by atoms with E-state index in [-0.39, 0.29) is 13.4 Å². The number of urea groups is 1. The molecular formula is C18H15BrN2O6. The summed E-state index contributed by atoms with van der Waals surface area (Å²) in [4.78, 5) is 24.8. The monoisotopic (exact) mass is 434 g/mol. The molecule has 27 heavy (non-hydrogen) atoms.